The zero-order chi connectivity index (χ0) is 29.6. The predicted molar refractivity (Wildman–Crippen MR) is 164 cm³/mol. The predicted octanol–water partition coefficient (Wildman–Crippen LogP) is 7.92. The lowest BCUT2D eigenvalue weighted by atomic mass is 10.0. The number of aliphatic hydroxyl groups excluding tert-OH is 1. The molecule has 40 heavy (non-hydrogen) atoms. The minimum Gasteiger partial charge on any atom is -0.463 e. The maximum Gasteiger partial charge on any atom is 0.472 e. The number of nitrogens with two attached hydrogens (primary N) is 1. The van der Waals surface area contributed by atoms with Crippen molar-refractivity contribution >= 4 is 13.8 Å². The molecule has 0 radical (unpaired) electrons. The second-order valence-corrected chi connectivity index (χ2v) is 12.0. The number of phosphoric ester groups is 1. The molecule has 8 nitrogen and oxygen atoms in total. The van der Waals surface area contributed by atoms with Crippen molar-refractivity contribution < 1.29 is 33.1 Å². The van der Waals surface area contributed by atoms with E-state index in [1.807, 2.05) is 0 Å². The minimum absolute atomic E-state index is 0.0741. The van der Waals surface area contributed by atoms with Gasteiger partial charge in [-0.2, -0.15) is 0 Å². The molecular formula is C31H60NO7P. The molecule has 0 aromatic carbocycles. The van der Waals surface area contributed by atoms with Crippen LogP contribution in [0.25, 0.3) is 0 Å². The van der Waals surface area contributed by atoms with Gasteiger partial charge in [0.05, 0.1) is 13.2 Å². The number of carbonyl (C=O) groups excluding carboxylic acids is 1. The zero-order valence-corrected chi connectivity index (χ0v) is 26.2. The van der Waals surface area contributed by atoms with Crippen LogP contribution in [-0.2, 0) is 23.1 Å². The van der Waals surface area contributed by atoms with Crippen molar-refractivity contribution in [1.29, 1.82) is 0 Å². The van der Waals surface area contributed by atoms with Crippen molar-refractivity contribution in [2.24, 2.45) is 5.73 Å². The summed E-state index contributed by atoms with van der Waals surface area (Å²) in [6, 6.07) is 0. The summed E-state index contributed by atoms with van der Waals surface area (Å²) in [5, 5.41) is 9.72. The number of carbonyl (C=O) groups is 1. The highest BCUT2D eigenvalue weighted by Crippen LogP contribution is 2.42. The standard InChI is InChI=1S/C31H60NO7P/c1-2-3-4-5-6-7-8-9-10-11-12-13-14-15-16-17-18-19-20-21-22-23-24-25-31(34)37-28-30(33)29-39-40(35,36)38-27-26-32/h8-9,11-12,30,33H,2-7,10,13-29,32H2,1H3,(H,35,36)/b9-8-,12-11-. The fourth-order valence-corrected chi connectivity index (χ4v) is 4.96. The van der Waals surface area contributed by atoms with Crippen molar-refractivity contribution in [1.82, 2.24) is 0 Å². The van der Waals surface area contributed by atoms with Crippen molar-refractivity contribution in [2.75, 3.05) is 26.4 Å². The van der Waals surface area contributed by atoms with E-state index in [4.69, 9.17) is 10.5 Å². The smallest absolute Gasteiger partial charge is 0.463 e. The summed E-state index contributed by atoms with van der Waals surface area (Å²) in [6.45, 7) is 1.44. The highest BCUT2D eigenvalue weighted by atomic mass is 31.2. The van der Waals surface area contributed by atoms with Gasteiger partial charge in [0.25, 0.3) is 0 Å². The van der Waals surface area contributed by atoms with Gasteiger partial charge in [-0.15, -0.1) is 0 Å². The van der Waals surface area contributed by atoms with Crippen LogP contribution in [0.4, 0.5) is 0 Å². The van der Waals surface area contributed by atoms with E-state index in [2.05, 4.69) is 40.3 Å². The lowest BCUT2D eigenvalue weighted by Gasteiger charge is -2.15. The van der Waals surface area contributed by atoms with Gasteiger partial charge in [-0.05, 0) is 38.5 Å². The van der Waals surface area contributed by atoms with Crippen LogP contribution in [0.2, 0.25) is 0 Å². The molecule has 0 bridgehead atoms. The van der Waals surface area contributed by atoms with E-state index in [0.29, 0.717) is 6.42 Å². The largest absolute Gasteiger partial charge is 0.472 e. The summed E-state index contributed by atoms with van der Waals surface area (Å²) >= 11 is 0. The first-order chi connectivity index (χ1) is 19.4. The molecule has 9 heteroatoms. The molecule has 2 atom stereocenters. The maximum absolute atomic E-state index is 11.8. The molecule has 0 saturated carbocycles. The van der Waals surface area contributed by atoms with Crippen molar-refractivity contribution in [3.8, 4) is 0 Å². The van der Waals surface area contributed by atoms with Crippen LogP contribution in [0.15, 0.2) is 24.3 Å². The summed E-state index contributed by atoms with van der Waals surface area (Å²) in [7, 11) is -4.25. The summed E-state index contributed by atoms with van der Waals surface area (Å²) in [5.41, 5.74) is 5.18. The van der Waals surface area contributed by atoms with Crippen LogP contribution in [0.3, 0.4) is 0 Å². The lowest BCUT2D eigenvalue weighted by Crippen LogP contribution is -2.23. The number of unbranched alkanes of at least 4 members (excludes halogenated alkanes) is 16. The maximum atomic E-state index is 11.8. The molecule has 0 spiro atoms. The highest BCUT2D eigenvalue weighted by molar-refractivity contribution is 7.47. The van der Waals surface area contributed by atoms with Crippen molar-refractivity contribution in [3.63, 3.8) is 0 Å². The van der Waals surface area contributed by atoms with Crippen LogP contribution >= 0.6 is 7.82 Å². The van der Waals surface area contributed by atoms with E-state index in [0.717, 1.165) is 25.7 Å². The van der Waals surface area contributed by atoms with Crippen LogP contribution in [0.1, 0.15) is 135 Å². The lowest BCUT2D eigenvalue weighted by molar-refractivity contribution is -0.147. The summed E-state index contributed by atoms with van der Waals surface area (Å²) in [6.07, 6.45) is 31.8. The molecule has 0 saturated heterocycles. The second kappa shape index (κ2) is 29.5. The molecule has 0 aliphatic carbocycles. The topological polar surface area (TPSA) is 128 Å². The molecule has 2 unspecified atom stereocenters. The molecule has 0 heterocycles. The molecule has 0 amide bonds. The third-order valence-electron chi connectivity index (χ3n) is 6.57. The Hall–Kier alpha value is -1.02. The van der Waals surface area contributed by atoms with E-state index >= 15 is 0 Å². The van der Waals surface area contributed by atoms with Gasteiger partial charge < -0.3 is 20.5 Å². The molecule has 4 N–H and O–H groups in total. The van der Waals surface area contributed by atoms with Crippen LogP contribution in [0, 0.1) is 0 Å². The van der Waals surface area contributed by atoms with Gasteiger partial charge in [-0.25, -0.2) is 4.57 Å². The minimum atomic E-state index is -4.25. The average Bonchev–Trinajstić information content (AvgIpc) is 2.94. The normalized spacial score (nSPS) is 14.2. The third-order valence-corrected chi connectivity index (χ3v) is 7.55. The van der Waals surface area contributed by atoms with Gasteiger partial charge in [0.2, 0.25) is 0 Å². The Kier molecular flexibility index (Phi) is 28.7. The number of esters is 1. The Morgan fingerprint density at radius 2 is 1.25 bits per heavy atom. The molecular weight excluding hydrogens is 529 g/mol. The number of hydrogen-bond acceptors (Lipinski definition) is 7. The molecule has 0 fully saturated rings. The Balaban J connectivity index is 3.39. The molecule has 0 rings (SSSR count). The van der Waals surface area contributed by atoms with Crippen molar-refractivity contribution in [3.05, 3.63) is 24.3 Å². The van der Waals surface area contributed by atoms with Crippen LogP contribution in [0.5, 0.6) is 0 Å². The van der Waals surface area contributed by atoms with E-state index in [1.54, 1.807) is 0 Å². The SMILES string of the molecule is CCCCCCC/C=C\C/C=C\CCCCCCCCCCCCCC(=O)OCC(O)COP(=O)(O)OCCN. The summed E-state index contributed by atoms with van der Waals surface area (Å²) in [5.74, 6) is -0.388. The number of aliphatic hydroxyl groups is 1. The number of ether oxygens (including phenoxy) is 1. The number of rotatable bonds is 30. The van der Waals surface area contributed by atoms with Crippen molar-refractivity contribution in [2.45, 2.75) is 141 Å². The third kappa shape index (κ3) is 30.0. The Morgan fingerprint density at radius 1 is 0.750 bits per heavy atom. The summed E-state index contributed by atoms with van der Waals surface area (Å²) < 4.78 is 25.6. The van der Waals surface area contributed by atoms with Gasteiger partial charge in [-0.3, -0.25) is 13.8 Å². The number of phosphoric acid groups is 1. The van der Waals surface area contributed by atoms with E-state index in [-0.39, 0.29) is 25.7 Å². The molecule has 0 aromatic heterocycles. The van der Waals surface area contributed by atoms with E-state index < -0.39 is 20.5 Å². The average molecular weight is 590 g/mol. The van der Waals surface area contributed by atoms with E-state index in [1.165, 1.54) is 96.3 Å². The molecule has 0 aromatic rings. The van der Waals surface area contributed by atoms with Gasteiger partial charge in [0, 0.05) is 13.0 Å². The second-order valence-electron chi connectivity index (χ2n) is 10.5. The number of hydrogen-bond donors (Lipinski definition) is 3. The molecule has 236 valence electrons. The van der Waals surface area contributed by atoms with E-state index in [9.17, 15) is 19.4 Å². The Labute approximate surface area is 244 Å². The van der Waals surface area contributed by atoms with Gasteiger partial charge in [-0.1, -0.05) is 115 Å². The first-order valence-electron chi connectivity index (χ1n) is 15.9. The number of allylic oxidation sites excluding steroid dienone is 4. The van der Waals surface area contributed by atoms with Gasteiger partial charge in [0.1, 0.15) is 12.7 Å². The Bertz CT molecular complexity index is 672. The monoisotopic (exact) mass is 589 g/mol. The van der Waals surface area contributed by atoms with Gasteiger partial charge >= 0.3 is 13.8 Å². The molecule has 0 aliphatic rings. The zero-order valence-electron chi connectivity index (χ0n) is 25.3. The Morgan fingerprint density at radius 3 is 1.77 bits per heavy atom. The first kappa shape index (κ1) is 39.0. The summed E-state index contributed by atoms with van der Waals surface area (Å²) in [4.78, 5) is 21.1. The van der Waals surface area contributed by atoms with Crippen LogP contribution < -0.4 is 5.73 Å². The van der Waals surface area contributed by atoms with Gasteiger partial charge in [0.15, 0.2) is 0 Å². The van der Waals surface area contributed by atoms with Crippen LogP contribution in [-0.4, -0.2) is 48.4 Å². The first-order valence-corrected chi connectivity index (χ1v) is 17.4. The fraction of sp³-hybridized carbons (Fsp3) is 0.839. The fourth-order valence-electron chi connectivity index (χ4n) is 4.19. The molecule has 0 aliphatic heterocycles. The highest BCUT2D eigenvalue weighted by Gasteiger charge is 2.22. The quantitative estimate of drug-likeness (QED) is 0.0334.